The molecule has 0 aliphatic rings. The average molecular weight is 174 g/mol. The number of rotatable bonds is 6. The van der Waals surface area contributed by atoms with Gasteiger partial charge >= 0.3 is 0 Å². The summed E-state index contributed by atoms with van der Waals surface area (Å²) in [5, 5.41) is 11.5. The SMILES string of the molecule is CCOCC/C(=N\C)NCCO. The maximum absolute atomic E-state index is 8.53. The fourth-order valence-electron chi connectivity index (χ4n) is 0.793. The van der Waals surface area contributed by atoms with Crippen LogP contribution in [0.1, 0.15) is 13.3 Å². The predicted molar refractivity (Wildman–Crippen MR) is 49.6 cm³/mol. The van der Waals surface area contributed by atoms with E-state index >= 15 is 0 Å². The molecule has 4 nitrogen and oxygen atoms in total. The van der Waals surface area contributed by atoms with E-state index < -0.39 is 0 Å². The first-order valence-corrected chi connectivity index (χ1v) is 4.23. The molecule has 0 bridgehead atoms. The Morgan fingerprint density at radius 1 is 1.58 bits per heavy atom. The number of aliphatic hydroxyl groups is 1. The molecule has 0 amide bonds. The second-order valence-electron chi connectivity index (χ2n) is 2.27. The van der Waals surface area contributed by atoms with E-state index in [0.29, 0.717) is 13.2 Å². The summed E-state index contributed by atoms with van der Waals surface area (Å²) in [6.07, 6.45) is 0.782. The Bertz CT molecular complexity index is 126. The third kappa shape index (κ3) is 6.12. The molecule has 0 aromatic carbocycles. The van der Waals surface area contributed by atoms with Crippen LogP contribution in [-0.2, 0) is 4.74 Å². The maximum atomic E-state index is 8.53. The van der Waals surface area contributed by atoms with Gasteiger partial charge in [0, 0.05) is 26.6 Å². The molecule has 0 unspecified atom stereocenters. The first-order chi connectivity index (χ1) is 5.85. The van der Waals surface area contributed by atoms with Crippen molar-refractivity contribution in [2.45, 2.75) is 13.3 Å². The zero-order valence-electron chi connectivity index (χ0n) is 7.84. The minimum atomic E-state index is 0.133. The third-order valence-electron chi connectivity index (χ3n) is 1.40. The molecule has 0 aliphatic heterocycles. The molecule has 0 aromatic rings. The summed E-state index contributed by atoms with van der Waals surface area (Å²) in [5.74, 6) is 0.887. The molecule has 12 heavy (non-hydrogen) atoms. The van der Waals surface area contributed by atoms with Crippen LogP contribution < -0.4 is 5.32 Å². The van der Waals surface area contributed by atoms with E-state index in [4.69, 9.17) is 9.84 Å². The molecule has 0 saturated carbocycles. The van der Waals surface area contributed by atoms with Crippen molar-refractivity contribution in [3.05, 3.63) is 0 Å². The van der Waals surface area contributed by atoms with Gasteiger partial charge in [-0.25, -0.2) is 0 Å². The van der Waals surface area contributed by atoms with E-state index in [2.05, 4.69) is 10.3 Å². The predicted octanol–water partition coefficient (Wildman–Crippen LogP) is 0.0232. The molecule has 0 aliphatic carbocycles. The van der Waals surface area contributed by atoms with E-state index in [1.807, 2.05) is 6.92 Å². The number of aliphatic hydroxyl groups excluding tert-OH is 1. The van der Waals surface area contributed by atoms with Gasteiger partial charge in [-0.2, -0.15) is 0 Å². The number of amidine groups is 1. The molecule has 0 aromatic heterocycles. The van der Waals surface area contributed by atoms with Crippen LogP contribution in [0, 0.1) is 0 Å². The van der Waals surface area contributed by atoms with E-state index in [-0.39, 0.29) is 6.61 Å². The highest BCUT2D eigenvalue weighted by Crippen LogP contribution is 1.84. The normalized spacial score (nSPS) is 11.8. The van der Waals surface area contributed by atoms with Gasteiger partial charge in [-0.3, -0.25) is 4.99 Å². The highest BCUT2D eigenvalue weighted by molar-refractivity contribution is 5.82. The first-order valence-electron chi connectivity index (χ1n) is 4.23. The fourth-order valence-corrected chi connectivity index (χ4v) is 0.793. The van der Waals surface area contributed by atoms with Crippen LogP contribution >= 0.6 is 0 Å². The molecule has 72 valence electrons. The molecule has 0 fully saturated rings. The first kappa shape index (κ1) is 11.4. The Morgan fingerprint density at radius 3 is 2.83 bits per heavy atom. The van der Waals surface area contributed by atoms with Gasteiger partial charge in [-0.1, -0.05) is 0 Å². The van der Waals surface area contributed by atoms with Gasteiger partial charge in [0.15, 0.2) is 0 Å². The maximum Gasteiger partial charge on any atom is 0.0983 e. The van der Waals surface area contributed by atoms with Crippen LogP contribution in [0.3, 0.4) is 0 Å². The van der Waals surface area contributed by atoms with E-state index in [9.17, 15) is 0 Å². The molecule has 0 rings (SSSR count). The van der Waals surface area contributed by atoms with Gasteiger partial charge in [0.25, 0.3) is 0 Å². The van der Waals surface area contributed by atoms with E-state index in [1.54, 1.807) is 7.05 Å². The molecule has 2 N–H and O–H groups in total. The van der Waals surface area contributed by atoms with Crippen LogP contribution in [0.5, 0.6) is 0 Å². The van der Waals surface area contributed by atoms with Crippen molar-refractivity contribution in [1.29, 1.82) is 0 Å². The summed E-state index contributed by atoms with van der Waals surface area (Å²) in [7, 11) is 1.73. The van der Waals surface area contributed by atoms with E-state index in [0.717, 1.165) is 18.9 Å². The minimum absolute atomic E-state index is 0.133. The lowest BCUT2D eigenvalue weighted by molar-refractivity contribution is 0.154. The van der Waals surface area contributed by atoms with Crippen LogP contribution in [0.15, 0.2) is 4.99 Å². The van der Waals surface area contributed by atoms with E-state index in [1.165, 1.54) is 0 Å². The number of aliphatic imine (C=N–C) groups is 1. The lowest BCUT2D eigenvalue weighted by Gasteiger charge is -2.07. The second-order valence-corrected chi connectivity index (χ2v) is 2.27. The molecule has 0 heterocycles. The summed E-state index contributed by atoms with van der Waals surface area (Å²) < 4.78 is 5.16. The van der Waals surface area contributed by atoms with Gasteiger partial charge < -0.3 is 15.2 Å². The summed E-state index contributed by atoms with van der Waals surface area (Å²) in [6, 6.07) is 0. The van der Waals surface area contributed by atoms with Crippen molar-refractivity contribution in [3.8, 4) is 0 Å². The summed E-state index contributed by atoms with van der Waals surface area (Å²) in [5.41, 5.74) is 0. The summed E-state index contributed by atoms with van der Waals surface area (Å²) in [4.78, 5) is 4.01. The lowest BCUT2D eigenvalue weighted by atomic mass is 10.4. The van der Waals surface area contributed by atoms with Crippen LogP contribution in [0.4, 0.5) is 0 Å². The topological polar surface area (TPSA) is 53.8 Å². The minimum Gasteiger partial charge on any atom is -0.395 e. The van der Waals surface area contributed by atoms with Crippen molar-refractivity contribution in [2.24, 2.45) is 4.99 Å². The number of hydrogen-bond acceptors (Lipinski definition) is 3. The Balaban J connectivity index is 3.41. The van der Waals surface area contributed by atoms with Crippen LogP contribution in [0.25, 0.3) is 0 Å². The largest absolute Gasteiger partial charge is 0.395 e. The number of nitrogens with one attached hydrogen (secondary N) is 1. The Morgan fingerprint density at radius 2 is 2.33 bits per heavy atom. The standard InChI is InChI=1S/C8H18N2O2/c1-3-12-7-4-8(9-2)10-5-6-11/h11H,3-7H2,1-2H3,(H,9,10). The zero-order valence-corrected chi connectivity index (χ0v) is 7.84. The van der Waals surface area contributed by atoms with Gasteiger partial charge in [0.2, 0.25) is 0 Å². The third-order valence-corrected chi connectivity index (χ3v) is 1.40. The number of nitrogens with zero attached hydrogens (tertiary/aromatic N) is 1. The molecule has 0 atom stereocenters. The van der Waals surface area contributed by atoms with Crippen molar-refractivity contribution in [1.82, 2.24) is 5.32 Å². The summed E-state index contributed by atoms with van der Waals surface area (Å²) in [6.45, 7) is 4.06. The van der Waals surface area contributed by atoms with Crippen molar-refractivity contribution in [2.75, 3.05) is 33.4 Å². The monoisotopic (exact) mass is 174 g/mol. The van der Waals surface area contributed by atoms with Crippen LogP contribution in [0.2, 0.25) is 0 Å². The molecule has 4 heteroatoms. The van der Waals surface area contributed by atoms with Gasteiger partial charge in [0.05, 0.1) is 19.0 Å². The molecule has 0 radical (unpaired) electrons. The smallest absolute Gasteiger partial charge is 0.0983 e. The fraction of sp³-hybridized carbons (Fsp3) is 0.875. The summed E-state index contributed by atoms with van der Waals surface area (Å²) >= 11 is 0. The Hall–Kier alpha value is -0.610. The average Bonchev–Trinajstić information content (AvgIpc) is 2.11. The number of ether oxygens (including phenoxy) is 1. The molecular weight excluding hydrogens is 156 g/mol. The quantitative estimate of drug-likeness (QED) is 0.339. The number of hydrogen-bond donors (Lipinski definition) is 2. The highest BCUT2D eigenvalue weighted by Gasteiger charge is 1.95. The lowest BCUT2D eigenvalue weighted by Crippen LogP contribution is -2.27. The highest BCUT2D eigenvalue weighted by atomic mass is 16.5. The molecule has 0 saturated heterocycles. The molecular formula is C8H18N2O2. The van der Waals surface area contributed by atoms with Crippen molar-refractivity contribution in [3.63, 3.8) is 0 Å². The van der Waals surface area contributed by atoms with Crippen LogP contribution in [-0.4, -0.2) is 44.4 Å². The zero-order chi connectivity index (χ0) is 9.23. The van der Waals surface area contributed by atoms with Gasteiger partial charge in [-0.05, 0) is 6.92 Å². The van der Waals surface area contributed by atoms with Gasteiger partial charge in [0.1, 0.15) is 0 Å². The second kappa shape index (κ2) is 8.49. The molecule has 0 spiro atoms. The van der Waals surface area contributed by atoms with Crippen molar-refractivity contribution < 1.29 is 9.84 Å². The Labute approximate surface area is 73.6 Å². The Kier molecular flexibility index (Phi) is 8.05. The van der Waals surface area contributed by atoms with Gasteiger partial charge in [-0.15, -0.1) is 0 Å². The van der Waals surface area contributed by atoms with Crippen molar-refractivity contribution >= 4 is 5.84 Å².